The Kier molecular flexibility index (Phi) is 6.33. The zero-order valence-corrected chi connectivity index (χ0v) is 18.2. The van der Waals surface area contributed by atoms with Gasteiger partial charge in [0.05, 0.1) is 12.0 Å². The van der Waals surface area contributed by atoms with Crippen molar-refractivity contribution in [2.75, 3.05) is 38.7 Å². The third kappa shape index (κ3) is 4.77. The minimum atomic E-state index is -3.53. The maximum absolute atomic E-state index is 12.9. The van der Waals surface area contributed by atoms with Gasteiger partial charge in [-0.05, 0) is 55.2 Å². The van der Waals surface area contributed by atoms with E-state index in [9.17, 15) is 13.2 Å². The second-order valence-electron chi connectivity index (χ2n) is 7.49. The highest BCUT2D eigenvalue weighted by molar-refractivity contribution is 7.89. The number of anilines is 1. The van der Waals surface area contributed by atoms with Crippen LogP contribution in [0.5, 0.6) is 17.2 Å². The van der Waals surface area contributed by atoms with E-state index in [1.807, 2.05) is 0 Å². The normalized spacial score (nSPS) is 16.2. The first-order chi connectivity index (χ1) is 15.0. The van der Waals surface area contributed by atoms with E-state index >= 15 is 0 Å². The first-order valence-corrected chi connectivity index (χ1v) is 11.8. The predicted octanol–water partition coefficient (Wildman–Crippen LogP) is 2.82. The zero-order chi connectivity index (χ0) is 21.8. The molecule has 1 amide bonds. The molecule has 2 aliphatic heterocycles. The maximum Gasteiger partial charge on any atom is 0.243 e. The Morgan fingerprint density at radius 2 is 1.81 bits per heavy atom. The number of ether oxygens (including phenoxy) is 3. The summed E-state index contributed by atoms with van der Waals surface area (Å²) in [5.41, 5.74) is 1.30. The first-order valence-electron chi connectivity index (χ1n) is 10.3. The number of carbonyl (C=O) groups is 1. The zero-order valence-electron chi connectivity index (χ0n) is 17.4. The predicted molar refractivity (Wildman–Crippen MR) is 115 cm³/mol. The van der Waals surface area contributed by atoms with Gasteiger partial charge in [-0.25, -0.2) is 8.42 Å². The van der Waals surface area contributed by atoms with Crippen molar-refractivity contribution >= 4 is 21.6 Å². The number of hydrogen-bond acceptors (Lipinski definition) is 6. The number of fused-ring (bicyclic) bond motifs is 1. The molecule has 1 saturated heterocycles. The molecule has 2 aromatic carbocycles. The number of sulfonamides is 1. The molecule has 9 heteroatoms. The molecule has 31 heavy (non-hydrogen) atoms. The summed E-state index contributed by atoms with van der Waals surface area (Å²) in [6, 6.07) is 10.1. The van der Waals surface area contributed by atoms with Crippen LogP contribution in [0.25, 0.3) is 0 Å². The number of methoxy groups -OCH3 is 1. The summed E-state index contributed by atoms with van der Waals surface area (Å²) in [6.45, 7) is 2.07. The molecular formula is C22H26N2O6S. The molecule has 2 aromatic rings. The quantitative estimate of drug-likeness (QED) is 0.703. The van der Waals surface area contributed by atoms with Gasteiger partial charge in [-0.15, -0.1) is 0 Å². The molecule has 0 aromatic heterocycles. The minimum absolute atomic E-state index is 0.179. The van der Waals surface area contributed by atoms with Crippen molar-refractivity contribution in [1.29, 1.82) is 0 Å². The first kappa shape index (κ1) is 21.5. The molecule has 0 aliphatic carbocycles. The molecule has 0 bridgehead atoms. The summed E-state index contributed by atoms with van der Waals surface area (Å²) in [5.74, 6) is 1.63. The van der Waals surface area contributed by atoms with Gasteiger partial charge in [0.2, 0.25) is 15.9 Å². The van der Waals surface area contributed by atoms with Crippen molar-refractivity contribution < 1.29 is 27.4 Å². The molecule has 0 spiro atoms. The van der Waals surface area contributed by atoms with Gasteiger partial charge in [0.1, 0.15) is 19.0 Å². The van der Waals surface area contributed by atoms with Crippen LogP contribution in [0.2, 0.25) is 0 Å². The smallest absolute Gasteiger partial charge is 0.243 e. The number of amides is 1. The van der Waals surface area contributed by atoms with Crippen LogP contribution in [0.3, 0.4) is 0 Å². The molecule has 0 atom stereocenters. The van der Waals surface area contributed by atoms with E-state index in [0.29, 0.717) is 61.2 Å². The molecule has 1 fully saturated rings. The van der Waals surface area contributed by atoms with Crippen LogP contribution in [-0.2, 0) is 21.2 Å². The Morgan fingerprint density at radius 1 is 1.06 bits per heavy atom. The van der Waals surface area contributed by atoms with E-state index in [-0.39, 0.29) is 17.2 Å². The molecule has 0 saturated carbocycles. The summed E-state index contributed by atoms with van der Waals surface area (Å²) in [5, 5.41) is 2.85. The highest BCUT2D eigenvalue weighted by Crippen LogP contribution is 2.33. The van der Waals surface area contributed by atoms with Crippen molar-refractivity contribution in [3.63, 3.8) is 0 Å². The lowest BCUT2D eigenvalue weighted by Crippen LogP contribution is -2.28. The van der Waals surface area contributed by atoms with Gasteiger partial charge >= 0.3 is 0 Å². The summed E-state index contributed by atoms with van der Waals surface area (Å²) >= 11 is 0. The second-order valence-corrected chi connectivity index (χ2v) is 9.43. The second kappa shape index (κ2) is 9.15. The highest BCUT2D eigenvalue weighted by atomic mass is 32.2. The SMILES string of the molecule is COc1ccc(S(=O)(=O)N2CCCC2)cc1CCC(=O)Nc1ccc2c(c1)OCCO2. The lowest BCUT2D eigenvalue weighted by Gasteiger charge is -2.19. The third-order valence-corrected chi connectivity index (χ3v) is 7.30. The van der Waals surface area contributed by atoms with E-state index in [1.165, 1.54) is 11.4 Å². The topological polar surface area (TPSA) is 94.2 Å². The standard InChI is InChI=1S/C22H26N2O6S/c1-28-19-8-6-18(31(26,27)24-10-2-3-11-24)14-16(19)4-9-22(25)23-17-5-7-20-21(15-17)30-13-12-29-20/h5-8,14-15H,2-4,9-13H2,1H3,(H,23,25). The van der Waals surface area contributed by atoms with Crippen molar-refractivity contribution in [1.82, 2.24) is 4.31 Å². The number of nitrogens with one attached hydrogen (secondary N) is 1. The average molecular weight is 447 g/mol. The molecule has 1 N–H and O–H groups in total. The van der Waals surface area contributed by atoms with Crippen molar-refractivity contribution in [3.8, 4) is 17.2 Å². The van der Waals surface area contributed by atoms with E-state index in [2.05, 4.69) is 5.32 Å². The number of nitrogens with zero attached hydrogens (tertiary/aromatic N) is 1. The Hall–Kier alpha value is -2.78. The Balaban J connectivity index is 1.44. The molecule has 2 heterocycles. The Bertz CT molecular complexity index is 1060. The van der Waals surface area contributed by atoms with Gasteiger partial charge < -0.3 is 19.5 Å². The van der Waals surface area contributed by atoms with Gasteiger partial charge in [0.15, 0.2) is 11.5 Å². The monoisotopic (exact) mass is 446 g/mol. The van der Waals surface area contributed by atoms with Gasteiger partial charge in [-0.1, -0.05) is 0 Å². The summed E-state index contributed by atoms with van der Waals surface area (Å²) in [7, 11) is -2.00. The van der Waals surface area contributed by atoms with Crippen molar-refractivity contribution in [3.05, 3.63) is 42.0 Å². The lowest BCUT2D eigenvalue weighted by atomic mass is 10.1. The third-order valence-electron chi connectivity index (χ3n) is 5.40. The van der Waals surface area contributed by atoms with Gasteiger partial charge in [-0.2, -0.15) is 4.31 Å². The number of carbonyl (C=O) groups excluding carboxylic acids is 1. The number of benzene rings is 2. The molecule has 166 valence electrons. The minimum Gasteiger partial charge on any atom is -0.496 e. The largest absolute Gasteiger partial charge is 0.496 e. The molecule has 0 unspecified atom stereocenters. The fraction of sp³-hybridized carbons (Fsp3) is 0.409. The van der Waals surface area contributed by atoms with Crippen LogP contribution in [0.1, 0.15) is 24.8 Å². The van der Waals surface area contributed by atoms with E-state index in [1.54, 1.807) is 36.4 Å². The van der Waals surface area contributed by atoms with Crippen molar-refractivity contribution in [2.24, 2.45) is 0 Å². The van der Waals surface area contributed by atoms with E-state index in [4.69, 9.17) is 14.2 Å². The highest BCUT2D eigenvalue weighted by Gasteiger charge is 2.27. The Labute approximate surface area is 182 Å². The van der Waals surface area contributed by atoms with Gasteiger partial charge in [0, 0.05) is 31.3 Å². The van der Waals surface area contributed by atoms with Crippen LogP contribution in [0.4, 0.5) is 5.69 Å². The van der Waals surface area contributed by atoms with Crippen LogP contribution < -0.4 is 19.5 Å². The van der Waals surface area contributed by atoms with Crippen LogP contribution in [0.15, 0.2) is 41.3 Å². The van der Waals surface area contributed by atoms with E-state index in [0.717, 1.165) is 12.8 Å². The molecule has 0 radical (unpaired) electrons. The maximum atomic E-state index is 12.9. The van der Waals surface area contributed by atoms with Gasteiger partial charge in [0.25, 0.3) is 0 Å². The average Bonchev–Trinajstić information content (AvgIpc) is 3.33. The molecule has 8 nitrogen and oxygen atoms in total. The van der Waals surface area contributed by atoms with E-state index < -0.39 is 10.0 Å². The van der Waals surface area contributed by atoms with Gasteiger partial charge in [-0.3, -0.25) is 4.79 Å². The van der Waals surface area contributed by atoms with Crippen LogP contribution in [-0.4, -0.2) is 52.0 Å². The summed E-state index contributed by atoms with van der Waals surface area (Å²) in [6.07, 6.45) is 2.28. The lowest BCUT2D eigenvalue weighted by molar-refractivity contribution is -0.116. The summed E-state index contributed by atoms with van der Waals surface area (Å²) < 4.78 is 43.6. The number of rotatable bonds is 7. The van der Waals surface area contributed by atoms with Crippen LogP contribution in [0, 0.1) is 0 Å². The fourth-order valence-electron chi connectivity index (χ4n) is 3.78. The molecule has 4 rings (SSSR count). The number of hydrogen-bond donors (Lipinski definition) is 1. The van der Waals surface area contributed by atoms with Crippen molar-refractivity contribution in [2.45, 2.75) is 30.6 Å². The fourth-order valence-corrected chi connectivity index (χ4v) is 5.35. The molecule has 2 aliphatic rings. The molecular weight excluding hydrogens is 420 g/mol. The number of aryl methyl sites for hydroxylation is 1. The summed E-state index contributed by atoms with van der Waals surface area (Å²) in [4.78, 5) is 12.7. The Morgan fingerprint density at radius 3 is 2.55 bits per heavy atom. The van der Waals surface area contributed by atoms with Crippen LogP contribution >= 0.6 is 0 Å².